The molecule has 94 valence electrons. The van der Waals surface area contributed by atoms with E-state index < -0.39 is 0 Å². The second kappa shape index (κ2) is 5.06. The number of hydrogen-bond acceptors (Lipinski definition) is 3. The van der Waals surface area contributed by atoms with Crippen LogP contribution in [0.4, 0.5) is 5.69 Å². The van der Waals surface area contributed by atoms with E-state index in [1.165, 1.54) is 5.56 Å². The van der Waals surface area contributed by atoms with Crippen molar-refractivity contribution in [3.8, 4) is 0 Å². The average Bonchev–Trinajstić information content (AvgIpc) is 2.48. The van der Waals surface area contributed by atoms with Crippen molar-refractivity contribution in [2.75, 3.05) is 0 Å². The first-order chi connectivity index (χ1) is 9.38. The van der Waals surface area contributed by atoms with Crippen molar-refractivity contribution in [3.63, 3.8) is 0 Å². The van der Waals surface area contributed by atoms with Gasteiger partial charge in [-0.3, -0.25) is 0 Å². The topological polar surface area (TPSA) is 32.7 Å². The standard InChI is InChI=1S/C16H14N2O/c19-11-16-14-8-4-5-9-15(14)17-12-18(16)10-13-6-2-1-3-7-13/h1-9,11-12,16H,10H2. The Balaban J connectivity index is 1.90. The third kappa shape index (κ3) is 2.27. The first-order valence-electron chi connectivity index (χ1n) is 6.26. The van der Waals surface area contributed by atoms with E-state index in [-0.39, 0.29) is 6.04 Å². The minimum atomic E-state index is -0.256. The van der Waals surface area contributed by atoms with E-state index in [0.29, 0.717) is 6.54 Å². The lowest BCUT2D eigenvalue weighted by atomic mass is 10.0. The van der Waals surface area contributed by atoms with Crippen molar-refractivity contribution in [1.82, 2.24) is 4.90 Å². The summed E-state index contributed by atoms with van der Waals surface area (Å²) in [7, 11) is 0. The number of aldehydes is 1. The van der Waals surface area contributed by atoms with Gasteiger partial charge in [-0.2, -0.15) is 0 Å². The van der Waals surface area contributed by atoms with E-state index in [0.717, 1.165) is 17.5 Å². The molecule has 0 saturated heterocycles. The molecule has 3 nitrogen and oxygen atoms in total. The van der Waals surface area contributed by atoms with Crippen molar-refractivity contribution >= 4 is 18.3 Å². The Morgan fingerprint density at radius 3 is 2.58 bits per heavy atom. The lowest BCUT2D eigenvalue weighted by Gasteiger charge is -2.30. The number of aliphatic imine (C=N–C) groups is 1. The number of para-hydroxylation sites is 1. The van der Waals surface area contributed by atoms with Crippen LogP contribution in [0.25, 0.3) is 0 Å². The third-order valence-electron chi connectivity index (χ3n) is 3.29. The molecule has 1 aliphatic rings. The molecule has 3 heteroatoms. The van der Waals surface area contributed by atoms with Crippen LogP contribution in [-0.4, -0.2) is 17.5 Å². The zero-order valence-corrected chi connectivity index (χ0v) is 10.4. The van der Waals surface area contributed by atoms with E-state index >= 15 is 0 Å². The lowest BCUT2D eigenvalue weighted by Crippen LogP contribution is -2.30. The maximum atomic E-state index is 11.4. The predicted molar refractivity (Wildman–Crippen MR) is 75.4 cm³/mol. The Morgan fingerprint density at radius 2 is 1.79 bits per heavy atom. The van der Waals surface area contributed by atoms with Crippen molar-refractivity contribution < 1.29 is 4.79 Å². The van der Waals surface area contributed by atoms with Crippen LogP contribution < -0.4 is 0 Å². The SMILES string of the molecule is O=CC1c2ccccc2N=CN1Cc1ccccc1. The van der Waals surface area contributed by atoms with Gasteiger partial charge in [0.15, 0.2) is 0 Å². The molecular formula is C16H14N2O. The van der Waals surface area contributed by atoms with Gasteiger partial charge in [0.1, 0.15) is 12.3 Å². The highest BCUT2D eigenvalue weighted by Crippen LogP contribution is 2.32. The summed E-state index contributed by atoms with van der Waals surface area (Å²) < 4.78 is 0. The number of rotatable bonds is 3. The van der Waals surface area contributed by atoms with Crippen molar-refractivity contribution in [1.29, 1.82) is 0 Å². The third-order valence-corrected chi connectivity index (χ3v) is 3.29. The molecule has 0 spiro atoms. The monoisotopic (exact) mass is 250 g/mol. The van der Waals surface area contributed by atoms with Crippen LogP contribution in [0.1, 0.15) is 17.2 Å². The van der Waals surface area contributed by atoms with Gasteiger partial charge in [0.25, 0.3) is 0 Å². The summed E-state index contributed by atoms with van der Waals surface area (Å²) in [6.07, 6.45) is 2.74. The van der Waals surface area contributed by atoms with Crippen molar-refractivity contribution in [3.05, 3.63) is 65.7 Å². The van der Waals surface area contributed by atoms with Gasteiger partial charge in [0.05, 0.1) is 12.0 Å². The fraction of sp³-hybridized carbons (Fsp3) is 0.125. The normalized spacial score (nSPS) is 17.1. The molecule has 1 aliphatic heterocycles. The number of nitrogens with zero attached hydrogens (tertiary/aromatic N) is 2. The van der Waals surface area contributed by atoms with Crippen LogP contribution in [-0.2, 0) is 11.3 Å². The van der Waals surface area contributed by atoms with Gasteiger partial charge in [-0.15, -0.1) is 0 Å². The first kappa shape index (κ1) is 11.7. The van der Waals surface area contributed by atoms with E-state index in [4.69, 9.17) is 0 Å². The largest absolute Gasteiger partial charge is 0.344 e. The molecular weight excluding hydrogens is 236 g/mol. The van der Waals surface area contributed by atoms with Gasteiger partial charge < -0.3 is 9.69 Å². The second-order valence-corrected chi connectivity index (χ2v) is 4.54. The molecule has 1 heterocycles. The quantitative estimate of drug-likeness (QED) is 0.784. The highest BCUT2D eigenvalue weighted by Gasteiger charge is 2.23. The number of benzene rings is 2. The summed E-state index contributed by atoms with van der Waals surface area (Å²) in [6.45, 7) is 0.683. The molecule has 2 aromatic rings. The smallest absolute Gasteiger partial charge is 0.147 e. The Labute approximate surface area is 112 Å². The van der Waals surface area contributed by atoms with Gasteiger partial charge in [0.2, 0.25) is 0 Å². The summed E-state index contributed by atoms with van der Waals surface area (Å²) in [4.78, 5) is 17.8. The predicted octanol–water partition coefficient (Wildman–Crippen LogP) is 3.10. The maximum Gasteiger partial charge on any atom is 0.147 e. The van der Waals surface area contributed by atoms with Crippen molar-refractivity contribution in [2.24, 2.45) is 4.99 Å². The van der Waals surface area contributed by atoms with Crippen LogP contribution in [0.2, 0.25) is 0 Å². The fourth-order valence-electron chi connectivity index (χ4n) is 2.33. The molecule has 0 aromatic heterocycles. The van der Waals surface area contributed by atoms with Crippen molar-refractivity contribution in [2.45, 2.75) is 12.6 Å². The van der Waals surface area contributed by atoms with Gasteiger partial charge in [-0.1, -0.05) is 48.5 Å². The number of carbonyl (C=O) groups excluding carboxylic acids is 1. The first-order valence-corrected chi connectivity index (χ1v) is 6.26. The van der Waals surface area contributed by atoms with Crippen LogP contribution in [0.5, 0.6) is 0 Å². The van der Waals surface area contributed by atoms with E-state index in [1.54, 1.807) is 6.34 Å². The molecule has 0 amide bonds. The van der Waals surface area contributed by atoms with E-state index in [9.17, 15) is 4.79 Å². The number of carbonyl (C=O) groups is 1. The molecule has 1 atom stereocenters. The second-order valence-electron chi connectivity index (χ2n) is 4.54. The summed E-state index contributed by atoms with van der Waals surface area (Å²) in [5, 5.41) is 0. The van der Waals surface area contributed by atoms with Gasteiger partial charge in [0, 0.05) is 12.1 Å². The van der Waals surface area contributed by atoms with Gasteiger partial charge >= 0.3 is 0 Å². The minimum Gasteiger partial charge on any atom is -0.344 e. The fourth-order valence-corrected chi connectivity index (χ4v) is 2.33. The summed E-state index contributed by atoms with van der Waals surface area (Å²) in [5.41, 5.74) is 3.01. The Morgan fingerprint density at radius 1 is 1.05 bits per heavy atom. The average molecular weight is 250 g/mol. The number of fused-ring (bicyclic) bond motifs is 1. The molecule has 2 aromatic carbocycles. The molecule has 0 saturated carbocycles. The molecule has 0 bridgehead atoms. The Hall–Kier alpha value is -2.42. The molecule has 0 N–H and O–H groups in total. The molecule has 1 unspecified atom stereocenters. The highest BCUT2D eigenvalue weighted by molar-refractivity contribution is 5.77. The molecule has 0 fully saturated rings. The maximum absolute atomic E-state index is 11.4. The summed E-state index contributed by atoms with van der Waals surface area (Å²) >= 11 is 0. The van der Waals surface area contributed by atoms with Crippen LogP contribution in [0.3, 0.4) is 0 Å². The summed E-state index contributed by atoms with van der Waals surface area (Å²) in [6, 6.07) is 17.6. The molecule has 3 rings (SSSR count). The molecule has 0 aliphatic carbocycles. The summed E-state index contributed by atoms with van der Waals surface area (Å²) in [5.74, 6) is 0. The van der Waals surface area contributed by atoms with Gasteiger partial charge in [-0.25, -0.2) is 4.99 Å². The van der Waals surface area contributed by atoms with Crippen LogP contribution in [0, 0.1) is 0 Å². The Kier molecular flexibility index (Phi) is 3.11. The van der Waals surface area contributed by atoms with Crippen LogP contribution >= 0.6 is 0 Å². The van der Waals surface area contributed by atoms with E-state index in [2.05, 4.69) is 17.1 Å². The van der Waals surface area contributed by atoms with Crippen LogP contribution in [0.15, 0.2) is 59.6 Å². The minimum absolute atomic E-state index is 0.256. The lowest BCUT2D eigenvalue weighted by molar-refractivity contribution is -0.111. The molecule has 19 heavy (non-hydrogen) atoms. The highest BCUT2D eigenvalue weighted by atomic mass is 16.1. The van der Waals surface area contributed by atoms with Gasteiger partial charge in [-0.05, 0) is 11.6 Å². The van der Waals surface area contributed by atoms with E-state index in [1.807, 2.05) is 47.4 Å². The zero-order chi connectivity index (χ0) is 13.1. The Bertz CT molecular complexity index is 607. The molecule has 0 radical (unpaired) electrons. The zero-order valence-electron chi connectivity index (χ0n) is 10.4. The number of hydrogen-bond donors (Lipinski definition) is 0.